The topological polar surface area (TPSA) is 32.3 Å². The van der Waals surface area contributed by atoms with Crippen LogP contribution in [0.2, 0.25) is 0 Å². The van der Waals surface area contributed by atoms with Crippen molar-refractivity contribution in [2.24, 2.45) is 0 Å². The van der Waals surface area contributed by atoms with Crippen LogP contribution in [0.3, 0.4) is 0 Å². The first-order valence-corrected chi connectivity index (χ1v) is 7.37. The fourth-order valence-electron chi connectivity index (χ4n) is 1.71. The smallest absolute Gasteiger partial charge is 0.221 e. The van der Waals surface area contributed by atoms with E-state index in [1.165, 1.54) is 6.92 Å². The van der Waals surface area contributed by atoms with E-state index >= 15 is 0 Å². The Hall–Kier alpha value is -1.00. The second kappa shape index (κ2) is 8.16. The van der Waals surface area contributed by atoms with Gasteiger partial charge in [-0.15, -0.1) is 11.8 Å². The maximum absolute atomic E-state index is 11.1. The Morgan fingerprint density at radius 2 is 1.94 bits per heavy atom. The van der Waals surface area contributed by atoms with Gasteiger partial charge in [-0.1, -0.05) is 26.0 Å². The summed E-state index contributed by atoms with van der Waals surface area (Å²) in [6.45, 7) is 9.15. The second-order valence-corrected chi connectivity index (χ2v) is 5.19. The summed E-state index contributed by atoms with van der Waals surface area (Å²) in [6, 6.07) is 7.95. The maximum Gasteiger partial charge on any atom is 0.221 e. The molecule has 1 N–H and O–H groups in total. The summed E-state index contributed by atoms with van der Waals surface area (Å²) in [6.07, 6.45) is 0. The zero-order valence-electron chi connectivity index (χ0n) is 11.4. The van der Waals surface area contributed by atoms with E-state index in [1.54, 1.807) is 11.8 Å². The third-order valence-electron chi connectivity index (χ3n) is 2.76. The van der Waals surface area contributed by atoms with E-state index in [0.29, 0.717) is 0 Å². The van der Waals surface area contributed by atoms with Crippen LogP contribution in [0.15, 0.2) is 29.2 Å². The Morgan fingerprint density at radius 1 is 1.28 bits per heavy atom. The minimum atomic E-state index is -0.0215. The molecular formula is C14H22N2OS. The van der Waals surface area contributed by atoms with Gasteiger partial charge in [0.15, 0.2) is 0 Å². The molecule has 1 aromatic carbocycles. The van der Waals surface area contributed by atoms with Crippen molar-refractivity contribution in [3.63, 3.8) is 0 Å². The third-order valence-corrected chi connectivity index (χ3v) is 3.81. The zero-order valence-corrected chi connectivity index (χ0v) is 12.2. The van der Waals surface area contributed by atoms with Gasteiger partial charge in [0.2, 0.25) is 5.91 Å². The summed E-state index contributed by atoms with van der Waals surface area (Å²) < 4.78 is 0. The molecular weight excluding hydrogens is 244 g/mol. The van der Waals surface area contributed by atoms with Gasteiger partial charge < -0.3 is 10.2 Å². The number of rotatable bonds is 7. The molecule has 0 aromatic heterocycles. The van der Waals surface area contributed by atoms with Gasteiger partial charge in [-0.2, -0.15) is 0 Å². The summed E-state index contributed by atoms with van der Waals surface area (Å²) in [7, 11) is 0. The van der Waals surface area contributed by atoms with Crippen LogP contribution in [0.4, 0.5) is 5.69 Å². The van der Waals surface area contributed by atoms with Gasteiger partial charge >= 0.3 is 0 Å². The summed E-state index contributed by atoms with van der Waals surface area (Å²) >= 11 is 1.79. The number of hydrogen-bond acceptors (Lipinski definition) is 3. The number of amides is 1. The van der Waals surface area contributed by atoms with Gasteiger partial charge in [0.25, 0.3) is 0 Å². The Labute approximate surface area is 114 Å². The molecule has 0 atom stereocenters. The Bertz CT molecular complexity index is 378. The average Bonchev–Trinajstić information content (AvgIpc) is 2.36. The molecule has 0 heterocycles. The van der Waals surface area contributed by atoms with Crippen LogP contribution in [-0.4, -0.2) is 36.2 Å². The fraction of sp³-hybridized carbons (Fsp3) is 0.500. The van der Waals surface area contributed by atoms with Crippen LogP contribution < -0.4 is 5.32 Å². The summed E-state index contributed by atoms with van der Waals surface area (Å²) in [5.74, 6) is 1.02. The van der Waals surface area contributed by atoms with Gasteiger partial charge in [-0.3, -0.25) is 4.79 Å². The molecule has 0 aliphatic carbocycles. The zero-order chi connectivity index (χ0) is 13.4. The van der Waals surface area contributed by atoms with Crippen LogP contribution in [-0.2, 0) is 4.79 Å². The Morgan fingerprint density at radius 3 is 2.56 bits per heavy atom. The van der Waals surface area contributed by atoms with E-state index in [9.17, 15) is 4.79 Å². The highest BCUT2D eigenvalue weighted by molar-refractivity contribution is 7.99. The second-order valence-electron chi connectivity index (χ2n) is 4.05. The lowest BCUT2D eigenvalue weighted by Gasteiger charge is -2.17. The van der Waals surface area contributed by atoms with Gasteiger partial charge in [0.1, 0.15) is 0 Å². The first kappa shape index (κ1) is 15.1. The summed E-state index contributed by atoms with van der Waals surface area (Å²) in [5, 5.41) is 2.87. The van der Waals surface area contributed by atoms with Crippen LogP contribution >= 0.6 is 11.8 Å². The quantitative estimate of drug-likeness (QED) is 0.770. The van der Waals surface area contributed by atoms with Crippen LogP contribution in [0.25, 0.3) is 0 Å². The molecule has 1 aromatic rings. The number of hydrogen-bond donors (Lipinski definition) is 1. The highest BCUT2D eigenvalue weighted by Crippen LogP contribution is 2.26. The third kappa shape index (κ3) is 5.10. The number of thioether (sulfide) groups is 1. The van der Waals surface area contributed by atoms with Crippen molar-refractivity contribution in [2.75, 3.05) is 30.7 Å². The SMILES string of the molecule is CCN(CC)CCSc1ccccc1NC(C)=O. The largest absolute Gasteiger partial charge is 0.325 e. The fourth-order valence-corrected chi connectivity index (χ4v) is 2.73. The molecule has 3 nitrogen and oxygen atoms in total. The molecule has 1 amide bonds. The van der Waals surface area contributed by atoms with E-state index < -0.39 is 0 Å². The lowest BCUT2D eigenvalue weighted by molar-refractivity contribution is -0.114. The molecule has 0 saturated heterocycles. The molecule has 100 valence electrons. The molecule has 0 spiro atoms. The number of nitrogens with one attached hydrogen (secondary N) is 1. The Kier molecular flexibility index (Phi) is 6.83. The van der Waals surface area contributed by atoms with Crippen LogP contribution in [0.5, 0.6) is 0 Å². The number of carbonyl (C=O) groups excluding carboxylic acids is 1. The molecule has 0 bridgehead atoms. The predicted octanol–water partition coefficient (Wildman–Crippen LogP) is 3.08. The molecule has 18 heavy (non-hydrogen) atoms. The first-order chi connectivity index (χ1) is 8.67. The molecule has 1 rings (SSSR count). The maximum atomic E-state index is 11.1. The number of anilines is 1. The molecule has 0 saturated carbocycles. The summed E-state index contributed by atoms with van der Waals surface area (Å²) in [5.41, 5.74) is 0.912. The van der Waals surface area contributed by atoms with Crippen molar-refractivity contribution in [1.82, 2.24) is 4.90 Å². The van der Waals surface area contributed by atoms with Crippen molar-refractivity contribution in [2.45, 2.75) is 25.7 Å². The molecule has 0 aliphatic rings. The van der Waals surface area contributed by atoms with Crippen molar-refractivity contribution in [3.8, 4) is 0 Å². The number of benzene rings is 1. The standard InChI is InChI=1S/C14H22N2OS/c1-4-16(5-2)10-11-18-14-9-7-6-8-13(14)15-12(3)17/h6-9H,4-5,10-11H2,1-3H3,(H,15,17). The first-order valence-electron chi connectivity index (χ1n) is 6.39. The van der Waals surface area contributed by atoms with E-state index in [2.05, 4.69) is 30.1 Å². The van der Waals surface area contributed by atoms with E-state index in [0.717, 1.165) is 36.0 Å². The average molecular weight is 266 g/mol. The van der Waals surface area contributed by atoms with Gasteiger partial charge in [-0.05, 0) is 25.2 Å². The van der Waals surface area contributed by atoms with Crippen LogP contribution in [0, 0.1) is 0 Å². The number of para-hydroxylation sites is 1. The lowest BCUT2D eigenvalue weighted by atomic mass is 10.3. The highest BCUT2D eigenvalue weighted by Gasteiger charge is 2.05. The van der Waals surface area contributed by atoms with Crippen LogP contribution in [0.1, 0.15) is 20.8 Å². The van der Waals surface area contributed by atoms with E-state index in [4.69, 9.17) is 0 Å². The highest BCUT2D eigenvalue weighted by atomic mass is 32.2. The summed E-state index contributed by atoms with van der Waals surface area (Å²) in [4.78, 5) is 14.6. The normalized spacial score (nSPS) is 10.7. The van der Waals surface area contributed by atoms with Gasteiger partial charge in [0.05, 0.1) is 5.69 Å². The molecule has 4 heteroatoms. The molecule has 0 unspecified atom stereocenters. The molecule has 0 radical (unpaired) electrons. The van der Waals surface area contributed by atoms with Crippen molar-refractivity contribution < 1.29 is 4.79 Å². The Balaban J connectivity index is 2.53. The number of nitrogens with zero attached hydrogens (tertiary/aromatic N) is 1. The van der Waals surface area contributed by atoms with Crippen molar-refractivity contribution >= 4 is 23.4 Å². The molecule has 0 fully saturated rings. The lowest BCUT2D eigenvalue weighted by Crippen LogP contribution is -2.25. The van der Waals surface area contributed by atoms with Crippen molar-refractivity contribution in [1.29, 1.82) is 0 Å². The van der Waals surface area contributed by atoms with E-state index in [1.807, 2.05) is 18.2 Å². The van der Waals surface area contributed by atoms with Gasteiger partial charge in [-0.25, -0.2) is 0 Å². The van der Waals surface area contributed by atoms with Crippen molar-refractivity contribution in [3.05, 3.63) is 24.3 Å². The monoisotopic (exact) mass is 266 g/mol. The minimum absolute atomic E-state index is 0.0215. The number of carbonyl (C=O) groups is 1. The van der Waals surface area contributed by atoms with E-state index in [-0.39, 0.29) is 5.91 Å². The molecule has 0 aliphatic heterocycles. The van der Waals surface area contributed by atoms with Gasteiger partial charge in [0, 0.05) is 24.1 Å². The predicted molar refractivity (Wildman–Crippen MR) is 79.3 cm³/mol. The minimum Gasteiger partial charge on any atom is -0.325 e.